The third-order valence-corrected chi connectivity index (χ3v) is 20.9. The minimum atomic E-state index is -3.81. The number of amides is 2. The molecule has 8 rings (SSSR count). The van der Waals surface area contributed by atoms with Crippen molar-refractivity contribution in [3.05, 3.63) is 104 Å². The van der Waals surface area contributed by atoms with Crippen LogP contribution in [-0.2, 0) is 39.6 Å². The summed E-state index contributed by atoms with van der Waals surface area (Å²) in [6.07, 6.45) is 7.85. The molecule has 4 aromatic carbocycles. The maximum absolute atomic E-state index is 13.8. The molecule has 81 heavy (non-hydrogen) atoms. The average molecular weight is 1250 g/mol. The molecule has 4 saturated heterocycles. The third kappa shape index (κ3) is 15.0. The summed E-state index contributed by atoms with van der Waals surface area (Å²) in [6, 6.07) is 19.1. The predicted octanol–water partition coefficient (Wildman–Crippen LogP) is 7.32. The highest BCUT2D eigenvalue weighted by Crippen LogP contribution is 2.49. The van der Waals surface area contributed by atoms with Crippen molar-refractivity contribution >= 4 is 126 Å². The molecule has 4 heterocycles. The van der Waals surface area contributed by atoms with Gasteiger partial charge in [0.05, 0.1) is 31.9 Å². The number of hydrogen-bond acceptors (Lipinski definition) is 13. The maximum Gasteiger partial charge on any atom is 0.306 e. The summed E-state index contributed by atoms with van der Waals surface area (Å²) in [5, 5.41) is 22.6. The normalized spacial score (nSPS) is 17.8. The van der Waals surface area contributed by atoms with Gasteiger partial charge in [0.25, 0.3) is 20.4 Å². The number of hydrazine groups is 2. The van der Waals surface area contributed by atoms with Crippen LogP contribution < -0.4 is 19.5 Å². The van der Waals surface area contributed by atoms with E-state index in [4.69, 9.17) is 46.4 Å². The van der Waals surface area contributed by atoms with Gasteiger partial charge in [-0.15, -0.1) is 9.66 Å². The zero-order valence-corrected chi connectivity index (χ0v) is 50.5. The van der Waals surface area contributed by atoms with E-state index in [-0.39, 0.29) is 84.3 Å². The van der Waals surface area contributed by atoms with Crippen molar-refractivity contribution in [3.8, 4) is 22.3 Å². The van der Waals surface area contributed by atoms with Crippen LogP contribution in [0.1, 0.15) is 36.8 Å². The lowest BCUT2D eigenvalue weighted by Gasteiger charge is -2.34. The molecule has 436 valence electrons. The van der Waals surface area contributed by atoms with Crippen LogP contribution in [0.2, 0.25) is 20.1 Å². The predicted molar refractivity (Wildman–Crippen MR) is 319 cm³/mol. The second kappa shape index (κ2) is 26.7. The van der Waals surface area contributed by atoms with Crippen LogP contribution in [0.5, 0.6) is 0 Å². The molecule has 0 spiro atoms. The van der Waals surface area contributed by atoms with E-state index in [0.717, 1.165) is 11.4 Å². The van der Waals surface area contributed by atoms with Crippen molar-refractivity contribution in [2.45, 2.75) is 35.5 Å². The molecule has 0 bridgehead atoms. The van der Waals surface area contributed by atoms with Crippen LogP contribution in [0.15, 0.2) is 82.6 Å². The Labute approximate surface area is 497 Å². The smallest absolute Gasteiger partial charge is 0.306 e. The van der Waals surface area contributed by atoms with Crippen molar-refractivity contribution in [2.75, 3.05) is 117 Å². The molecular weight excluding hydrogens is 1190 g/mol. The van der Waals surface area contributed by atoms with E-state index in [1.54, 1.807) is 50.1 Å². The quantitative estimate of drug-likeness (QED) is 0.0565. The van der Waals surface area contributed by atoms with E-state index < -0.39 is 44.2 Å². The van der Waals surface area contributed by atoms with Gasteiger partial charge in [0.1, 0.15) is 0 Å². The van der Waals surface area contributed by atoms with Crippen molar-refractivity contribution in [1.29, 1.82) is 0 Å². The Morgan fingerprint density at radius 2 is 0.877 bits per heavy atom. The SMILES string of the molecule is CN(C)NS(=O)(=O)N1CCN(C(=O)C=Cc2c(-c3cccc(N4CCC(C(=O)O)CC4)c3)cc(Sc3cc(-c4cccc(N5CCC(C(=O)O)CC5)c4)c(C=CC(=O)N4CCN(S(=O)(=O)NN(C)C)CC4)c(Cl)c3Cl)c(Cl)c2Cl)CC1. The zero-order valence-electron chi connectivity index (χ0n) is 45.0. The molecule has 0 aromatic heterocycles. The van der Waals surface area contributed by atoms with Gasteiger partial charge in [0, 0.05) is 151 Å². The van der Waals surface area contributed by atoms with Gasteiger partial charge in [-0.2, -0.15) is 25.4 Å². The number of halogens is 4. The number of carbonyl (C=O) groups excluding carboxylic acids is 2. The molecule has 0 radical (unpaired) electrons. The average Bonchev–Trinajstić information content (AvgIpc) is 3.56. The van der Waals surface area contributed by atoms with E-state index in [1.807, 2.05) is 60.7 Å². The Kier molecular flexibility index (Phi) is 20.5. The number of anilines is 2. The molecule has 0 aliphatic carbocycles. The molecule has 27 heteroatoms. The van der Waals surface area contributed by atoms with Crippen molar-refractivity contribution in [1.82, 2.24) is 38.1 Å². The van der Waals surface area contributed by atoms with E-state index in [9.17, 15) is 46.2 Å². The summed E-state index contributed by atoms with van der Waals surface area (Å²) in [6.45, 7) is 2.97. The van der Waals surface area contributed by atoms with Crippen molar-refractivity contribution < 1.29 is 46.2 Å². The van der Waals surface area contributed by atoms with Gasteiger partial charge < -0.3 is 29.8 Å². The molecular formula is C54H64Cl4N10O10S3. The number of carboxylic acids is 2. The summed E-state index contributed by atoms with van der Waals surface area (Å²) in [7, 11) is -1.34. The molecule has 20 nitrogen and oxygen atoms in total. The number of piperidine rings is 2. The van der Waals surface area contributed by atoms with Gasteiger partial charge >= 0.3 is 11.9 Å². The third-order valence-electron chi connectivity index (χ3n) is 14.5. The maximum atomic E-state index is 13.8. The topological polar surface area (TPSA) is 227 Å². The van der Waals surface area contributed by atoms with Gasteiger partial charge in [0.2, 0.25) is 11.8 Å². The highest BCUT2D eigenvalue weighted by molar-refractivity contribution is 7.99. The molecule has 4 fully saturated rings. The van der Waals surface area contributed by atoms with Gasteiger partial charge in [-0.05, 0) is 96.5 Å². The molecule has 4 N–H and O–H groups in total. The summed E-state index contributed by atoms with van der Waals surface area (Å²) in [5.74, 6) is -3.27. The first kappa shape index (κ1) is 62.1. The molecule has 2 amide bonds. The minimum absolute atomic E-state index is 0.0783. The zero-order chi connectivity index (χ0) is 58.5. The number of nitrogens with zero attached hydrogens (tertiary/aromatic N) is 8. The van der Waals surface area contributed by atoms with Gasteiger partial charge in [-0.25, -0.2) is 10.0 Å². The first-order valence-electron chi connectivity index (χ1n) is 26.1. The Morgan fingerprint density at radius 1 is 0.531 bits per heavy atom. The Bertz CT molecular complexity index is 3110. The lowest BCUT2D eigenvalue weighted by molar-refractivity contribution is -0.143. The van der Waals surface area contributed by atoms with Crippen molar-refractivity contribution in [3.63, 3.8) is 0 Å². The largest absolute Gasteiger partial charge is 0.481 e. The Hall–Kier alpha value is -4.99. The number of nitrogens with one attached hydrogen (secondary N) is 2. The van der Waals surface area contributed by atoms with E-state index >= 15 is 0 Å². The van der Waals surface area contributed by atoms with Crippen molar-refractivity contribution in [2.24, 2.45) is 11.8 Å². The second-order valence-corrected chi connectivity index (χ2v) is 26.3. The molecule has 0 atom stereocenters. The van der Waals surface area contributed by atoms with Crippen LogP contribution in [0.25, 0.3) is 34.4 Å². The van der Waals surface area contributed by atoms with Crippen LogP contribution in [0, 0.1) is 11.8 Å². The first-order chi connectivity index (χ1) is 38.4. The monoisotopic (exact) mass is 1250 g/mol. The summed E-state index contributed by atoms with van der Waals surface area (Å²) in [4.78, 5) is 64.5. The van der Waals surface area contributed by atoms with Gasteiger partial charge in [0.15, 0.2) is 0 Å². The first-order valence-corrected chi connectivity index (χ1v) is 31.3. The fraction of sp³-hybridized carbons (Fsp3) is 0.407. The lowest BCUT2D eigenvalue weighted by Crippen LogP contribution is -2.54. The van der Waals surface area contributed by atoms with E-state index in [1.165, 1.54) is 42.5 Å². The highest BCUT2D eigenvalue weighted by Gasteiger charge is 2.32. The number of carboxylic acid groups (broad SMARTS) is 2. The summed E-state index contributed by atoms with van der Waals surface area (Å²) in [5.41, 5.74) is 5.14. The number of piperazine rings is 2. The Balaban J connectivity index is 1.16. The van der Waals surface area contributed by atoms with Crippen LogP contribution in [-0.4, -0.2) is 186 Å². The van der Waals surface area contributed by atoms with Crippen LogP contribution >= 0.6 is 58.2 Å². The number of rotatable bonds is 18. The lowest BCUT2D eigenvalue weighted by atomic mass is 9.95. The fourth-order valence-corrected chi connectivity index (χ4v) is 14.8. The number of carbonyl (C=O) groups is 4. The molecule has 0 unspecified atom stereocenters. The molecule has 4 aliphatic rings. The molecule has 0 saturated carbocycles. The number of aliphatic carboxylic acids is 2. The molecule has 4 aliphatic heterocycles. The number of benzene rings is 4. The van der Waals surface area contributed by atoms with Gasteiger partial charge in [-0.1, -0.05) is 82.4 Å². The highest BCUT2D eigenvalue weighted by atomic mass is 35.5. The fourth-order valence-electron chi connectivity index (χ4n) is 10.2. The molecule has 4 aromatic rings. The summed E-state index contributed by atoms with van der Waals surface area (Å²) < 4.78 is 53.9. The second-order valence-electron chi connectivity index (χ2n) is 20.4. The van der Waals surface area contributed by atoms with Gasteiger partial charge in [-0.3, -0.25) is 19.2 Å². The standard InChI is InChI=1S/C54H64Cl4N10O10S3/c1-61(2)59-80(75,76)67-27-23-65(24-28-67)47(69)13-11-41-43(37-7-5-9-39(31-37)63-19-15-35(16-20-63)53(71)72)33-45(51(57)49(41)55)79-46-34-44(38-8-6-10-40(32-38)64-21-17-36(18-22-64)54(73)74)42(50(56)52(46)58)12-14-48(70)66-25-29-68(30-26-66)81(77,78)60-62(3)4/h5-14,31-36,59-60H,15-30H2,1-4H3,(H,71,72)(H,73,74). The Morgan fingerprint density at radius 3 is 1.20 bits per heavy atom. The minimum Gasteiger partial charge on any atom is -0.481 e. The van der Waals surface area contributed by atoms with Crippen LogP contribution in [0.4, 0.5) is 11.4 Å². The van der Waals surface area contributed by atoms with E-state index in [0.29, 0.717) is 95.0 Å². The van der Waals surface area contributed by atoms with Crippen LogP contribution in [0.3, 0.4) is 0 Å². The number of hydrogen-bond donors (Lipinski definition) is 4. The summed E-state index contributed by atoms with van der Waals surface area (Å²) >= 11 is 30.3. The van der Waals surface area contributed by atoms with E-state index in [2.05, 4.69) is 19.5 Å².